The van der Waals surface area contributed by atoms with Crippen LogP contribution in [-0.4, -0.2) is 25.8 Å². The fraction of sp³-hybridized carbons (Fsp3) is 1.00. The number of rotatable bonds is 10. The van der Waals surface area contributed by atoms with E-state index in [1.165, 1.54) is 44.9 Å². The molecule has 0 bridgehead atoms. The summed E-state index contributed by atoms with van der Waals surface area (Å²) in [6.45, 7) is 5.59. The Balaban J connectivity index is 2.31. The zero-order valence-electron chi connectivity index (χ0n) is 11.3. The summed E-state index contributed by atoms with van der Waals surface area (Å²) in [6, 6.07) is 0.575. The molecule has 2 nitrogen and oxygen atoms in total. The lowest BCUT2D eigenvalue weighted by Gasteiger charge is -2.27. The first-order chi connectivity index (χ1) is 7.81. The fourth-order valence-electron chi connectivity index (χ4n) is 2.34. The zero-order chi connectivity index (χ0) is 11.8. The van der Waals surface area contributed by atoms with Gasteiger partial charge in [-0.1, -0.05) is 33.1 Å². The van der Waals surface area contributed by atoms with E-state index >= 15 is 0 Å². The van der Waals surface area contributed by atoms with Crippen LogP contribution in [0.15, 0.2) is 0 Å². The van der Waals surface area contributed by atoms with Crippen molar-refractivity contribution in [1.29, 1.82) is 0 Å². The quantitative estimate of drug-likeness (QED) is 0.618. The van der Waals surface area contributed by atoms with Crippen molar-refractivity contribution in [2.75, 3.05) is 13.7 Å². The molecule has 0 aromatic heterocycles. The van der Waals surface area contributed by atoms with E-state index in [9.17, 15) is 0 Å². The minimum atomic E-state index is 0.412. The highest BCUT2D eigenvalue weighted by Gasteiger charge is 2.25. The average Bonchev–Trinajstić information content (AvgIpc) is 3.11. The van der Waals surface area contributed by atoms with E-state index in [2.05, 4.69) is 19.2 Å². The van der Waals surface area contributed by atoms with Crippen molar-refractivity contribution < 1.29 is 4.74 Å². The molecule has 0 aromatic rings. The van der Waals surface area contributed by atoms with Gasteiger partial charge in [-0.15, -0.1) is 0 Å². The van der Waals surface area contributed by atoms with Gasteiger partial charge in [0.2, 0.25) is 0 Å². The summed E-state index contributed by atoms with van der Waals surface area (Å²) in [6.07, 6.45) is 9.64. The Morgan fingerprint density at radius 3 is 2.44 bits per heavy atom. The third-order valence-electron chi connectivity index (χ3n) is 3.56. The minimum Gasteiger partial charge on any atom is -0.380 e. The minimum absolute atomic E-state index is 0.412. The molecule has 1 saturated carbocycles. The molecular weight excluding hydrogens is 198 g/mol. The van der Waals surface area contributed by atoms with Crippen LogP contribution in [-0.2, 0) is 4.74 Å². The molecule has 1 aliphatic carbocycles. The predicted molar refractivity (Wildman–Crippen MR) is 69.7 cm³/mol. The van der Waals surface area contributed by atoms with Gasteiger partial charge in [0, 0.05) is 13.2 Å². The van der Waals surface area contributed by atoms with Crippen molar-refractivity contribution in [1.82, 2.24) is 5.32 Å². The van der Waals surface area contributed by atoms with Gasteiger partial charge in [0.05, 0.1) is 6.10 Å². The van der Waals surface area contributed by atoms with E-state index in [0.29, 0.717) is 12.1 Å². The predicted octanol–water partition coefficient (Wildman–Crippen LogP) is 3.36. The van der Waals surface area contributed by atoms with Crippen molar-refractivity contribution in [2.24, 2.45) is 5.92 Å². The van der Waals surface area contributed by atoms with Gasteiger partial charge in [0.1, 0.15) is 0 Å². The summed E-state index contributed by atoms with van der Waals surface area (Å²) in [4.78, 5) is 0. The van der Waals surface area contributed by atoms with Gasteiger partial charge in [-0.3, -0.25) is 0 Å². The lowest BCUT2D eigenvalue weighted by molar-refractivity contribution is 0.0570. The molecular formula is C14H29NO. The second-order valence-corrected chi connectivity index (χ2v) is 5.14. The van der Waals surface area contributed by atoms with Gasteiger partial charge in [-0.2, -0.15) is 0 Å². The van der Waals surface area contributed by atoms with Crippen LogP contribution < -0.4 is 5.32 Å². The summed E-state index contributed by atoms with van der Waals surface area (Å²) < 4.78 is 5.64. The Morgan fingerprint density at radius 1 is 1.19 bits per heavy atom. The number of hydrogen-bond acceptors (Lipinski definition) is 2. The van der Waals surface area contributed by atoms with Crippen LogP contribution in [0.1, 0.15) is 58.8 Å². The summed E-state index contributed by atoms with van der Waals surface area (Å²) >= 11 is 0. The van der Waals surface area contributed by atoms with Gasteiger partial charge >= 0.3 is 0 Å². The Labute approximate surface area is 101 Å². The first-order valence-electron chi connectivity index (χ1n) is 7.07. The zero-order valence-corrected chi connectivity index (χ0v) is 11.3. The Hall–Kier alpha value is -0.0800. The molecule has 16 heavy (non-hydrogen) atoms. The van der Waals surface area contributed by atoms with Crippen molar-refractivity contribution >= 4 is 0 Å². The normalized spacial score (nSPS) is 19.7. The molecule has 0 saturated heterocycles. The molecule has 0 spiro atoms. The Morgan fingerprint density at radius 2 is 1.94 bits per heavy atom. The van der Waals surface area contributed by atoms with Gasteiger partial charge in [-0.05, 0) is 38.1 Å². The van der Waals surface area contributed by atoms with Crippen LogP contribution in [0.25, 0.3) is 0 Å². The lowest BCUT2D eigenvalue weighted by atomic mass is 9.99. The molecule has 1 rings (SSSR count). The second-order valence-electron chi connectivity index (χ2n) is 5.14. The fourth-order valence-corrected chi connectivity index (χ4v) is 2.34. The van der Waals surface area contributed by atoms with Crippen molar-refractivity contribution in [2.45, 2.75) is 70.9 Å². The van der Waals surface area contributed by atoms with E-state index in [-0.39, 0.29) is 0 Å². The number of nitrogens with one attached hydrogen (secondary N) is 1. The first kappa shape index (κ1) is 14.0. The summed E-state index contributed by atoms with van der Waals surface area (Å²) in [7, 11) is 1.86. The van der Waals surface area contributed by atoms with Gasteiger partial charge in [0.15, 0.2) is 0 Å². The molecule has 2 atom stereocenters. The summed E-state index contributed by atoms with van der Waals surface area (Å²) in [5.41, 5.74) is 0. The van der Waals surface area contributed by atoms with E-state index in [1.807, 2.05) is 7.11 Å². The molecule has 0 aromatic carbocycles. The number of ether oxygens (including phenoxy) is 1. The molecule has 0 aliphatic heterocycles. The molecule has 0 heterocycles. The molecule has 2 heteroatoms. The molecule has 0 amide bonds. The third kappa shape index (κ3) is 5.31. The van der Waals surface area contributed by atoms with Crippen molar-refractivity contribution in [3.63, 3.8) is 0 Å². The van der Waals surface area contributed by atoms with Crippen LogP contribution in [0, 0.1) is 5.92 Å². The maximum atomic E-state index is 5.64. The van der Waals surface area contributed by atoms with Crippen LogP contribution in [0.2, 0.25) is 0 Å². The summed E-state index contributed by atoms with van der Waals surface area (Å²) in [5.74, 6) is 1.03. The van der Waals surface area contributed by atoms with E-state index in [0.717, 1.165) is 12.5 Å². The standard InChI is InChI=1S/C14H29NO/c1-4-6-14(16-3)13(15-11-5-2)10-9-12-7-8-12/h12-15H,4-11H2,1-3H3. The second kappa shape index (κ2) is 8.08. The number of hydrogen-bond donors (Lipinski definition) is 1. The monoisotopic (exact) mass is 227 g/mol. The highest BCUT2D eigenvalue weighted by atomic mass is 16.5. The highest BCUT2D eigenvalue weighted by Crippen LogP contribution is 2.34. The topological polar surface area (TPSA) is 21.3 Å². The maximum Gasteiger partial charge on any atom is 0.0724 e. The van der Waals surface area contributed by atoms with Crippen LogP contribution in [0.5, 0.6) is 0 Å². The first-order valence-corrected chi connectivity index (χ1v) is 7.07. The van der Waals surface area contributed by atoms with E-state index in [4.69, 9.17) is 4.74 Å². The third-order valence-corrected chi connectivity index (χ3v) is 3.56. The lowest BCUT2D eigenvalue weighted by Crippen LogP contribution is -2.41. The molecule has 1 fully saturated rings. The van der Waals surface area contributed by atoms with Crippen LogP contribution >= 0.6 is 0 Å². The summed E-state index contributed by atoms with van der Waals surface area (Å²) in [5, 5.41) is 3.66. The van der Waals surface area contributed by atoms with E-state index in [1.54, 1.807) is 0 Å². The molecule has 2 unspecified atom stereocenters. The van der Waals surface area contributed by atoms with Gasteiger partial charge in [0.25, 0.3) is 0 Å². The SMILES string of the molecule is CCCNC(CCC1CC1)C(CCC)OC. The van der Waals surface area contributed by atoms with Gasteiger partial charge < -0.3 is 10.1 Å². The smallest absolute Gasteiger partial charge is 0.0724 e. The highest BCUT2D eigenvalue weighted by molar-refractivity contribution is 4.81. The average molecular weight is 227 g/mol. The molecule has 0 radical (unpaired) electrons. The molecule has 1 aliphatic rings. The maximum absolute atomic E-state index is 5.64. The Bertz CT molecular complexity index is 168. The number of methoxy groups -OCH3 is 1. The van der Waals surface area contributed by atoms with Crippen molar-refractivity contribution in [3.05, 3.63) is 0 Å². The van der Waals surface area contributed by atoms with Crippen molar-refractivity contribution in [3.8, 4) is 0 Å². The molecule has 96 valence electrons. The van der Waals surface area contributed by atoms with E-state index < -0.39 is 0 Å². The largest absolute Gasteiger partial charge is 0.380 e. The van der Waals surface area contributed by atoms with Gasteiger partial charge in [-0.25, -0.2) is 0 Å². The Kier molecular flexibility index (Phi) is 7.06. The molecule has 1 N–H and O–H groups in total. The van der Waals surface area contributed by atoms with Crippen LogP contribution in [0.3, 0.4) is 0 Å². The van der Waals surface area contributed by atoms with Crippen LogP contribution in [0.4, 0.5) is 0 Å².